The van der Waals surface area contributed by atoms with E-state index in [1.165, 1.54) is 6.20 Å². The van der Waals surface area contributed by atoms with Crippen LogP contribution in [0.2, 0.25) is 0 Å². The summed E-state index contributed by atoms with van der Waals surface area (Å²) >= 11 is 0. The van der Waals surface area contributed by atoms with Gasteiger partial charge in [-0.2, -0.15) is 0 Å². The molecule has 2 atom stereocenters. The molecule has 6 nitrogen and oxygen atoms in total. The molecule has 0 unspecified atom stereocenters. The largest absolute Gasteiger partial charge is 0.391 e. The molecule has 0 spiro atoms. The van der Waals surface area contributed by atoms with E-state index in [1.54, 1.807) is 18.3 Å². The molecular formula is C13H17N3O3S. The number of aromatic nitrogens is 2. The highest BCUT2D eigenvalue weighted by atomic mass is 32.2. The second kappa shape index (κ2) is 5.16. The number of hydrogen-bond acceptors (Lipinski definition) is 4. The van der Waals surface area contributed by atoms with Gasteiger partial charge in [-0.1, -0.05) is 12.8 Å². The van der Waals surface area contributed by atoms with Gasteiger partial charge in [0, 0.05) is 23.8 Å². The Balaban J connectivity index is 1.91. The van der Waals surface area contributed by atoms with Crippen LogP contribution in [0.4, 0.5) is 0 Å². The standard InChI is InChI=1S/C13H17N3O3S/c17-11-6-2-1-5-10(11)16-20(18,19)12-8-15-13-9(12)4-3-7-14-13/h3-4,7-8,10-11,16-17H,1-2,5-6H2,(H,14,15)/t10-,11-/m1/s1. The minimum Gasteiger partial charge on any atom is -0.391 e. The quantitative estimate of drug-likeness (QED) is 0.791. The molecule has 0 bridgehead atoms. The monoisotopic (exact) mass is 295 g/mol. The summed E-state index contributed by atoms with van der Waals surface area (Å²) in [6.45, 7) is 0. The molecular weight excluding hydrogens is 278 g/mol. The minimum absolute atomic E-state index is 0.179. The second-order valence-corrected chi connectivity index (χ2v) is 6.81. The smallest absolute Gasteiger partial charge is 0.243 e. The number of aliphatic hydroxyl groups excluding tert-OH is 1. The summed E-state index contributed by atoms with van der Waals surface area (Å²) in [6.07, 6.45) is 5.62. The van der Waals surface area contributed by atoms with Crippen molar-refractivity contribution in [1.29, 1.82) is 0 Å². The first-order valence-corrected chi connectivity index (χ1v) is 8.19. The number of H-pyrrole nitrogens is 1. The van der Waals surface area contributed by atoms with E-state index in [0.29, 0.717) is 23.9 Å². The average molecular weight is 295 g/mol. The molecule has 3 N–H and O–H groups in total. The average Bonchev–Trinajstić information content (AvgIpc) is 2.86. The fraction of sp³-hybridized carbons (Fsp3) is 0.462. The molecule has 0 saturated heterocycles. The number of hydrogen-bond donors (Lipinski definition) is 3. The predicted molar refractivity (Wildman–Crippen MR) is 74.7 cm³/mol. The Hall–Kier alpha value is -1.44. The first-order valence-electron chi connectivity index (χ1n) is 6.70. The Kier molecular flexibility index (Phi) is 3.49. The van der Waals surface area contributed by atoms with Crippen LogP contribution < -0.4 is 4.72 Å². The molecule has 0 amide bonds. The Morgan fingerprint density at radius 2 is 2.15 bits per heavy atom. The van der Waals surface area contributed by atoms with Crippen molar-refractivity contribution in [1.82, 2.24) is 14.7 Å². The fourth-order valence-corrected chi connectivity index (χ4v) is 4.13. The molecule has 2 heterocycles. The lowest BCUT2D eigenvalue weighted by atomic mass is 9.93. The van der Waals surface area contributed by atoms with E-state index in [4.69, 9.17) is 0 Å². The van der Waals surface area contributed by atoms with Gasteiger partial charge in [-0.15, -0.1) is 0 Å². The van der Waals surface area contributed by atoms with Crippen molar-refractivity contribution in [3.05, 3.63) is 24.5 Å². The van der Waals surface area contributed by atoms with Gasteiger partial charge in [-0.05, 0) is 25.0 Å². The lowest BCUT2D eigenvalue weighted by molar-refractivity contribution is 0.101. The van der Waals surface area contributed by atoms with Crippen molar-refractivity contribution < 1.29 is 13.5 Å². The van der Waals surface area contributed by atoms with Crippen molar-refractivity contribution in [2.75, 3.05) is 0 Å². The summed E-state index contributed by atoms with van der Waals surface area (Å²) in [5.41, 5.74) is 0.539. The van der Waals surface area contributed by atoms with Crippen LogP contribution in [0.5, 0.6) is 0 Å². The fourth-order valence-electron chi connectivity index (χ4n) is 2.66. The van der Waals surface area contributed by atoms with Crippen molar-refractivity contribution in [2.24, 2.45) is 0 Å². The molecule has 7 heteroatoms. The van der Waals surface area contributed by atoms with Gasteiger partial charge in [-0.25, -0.2) is 18.1 Å². The zero-order valence-electron chi connectivity index (χ0n) is 10.9. The van der Waals surface area contributed by atoms with Crippen molar-refractivity contribution >= 4 is 21.1 Å². The van der Waals surface area contributed by atoms with Gasteiger partial charge in [0.2, 0.25) is 10.0 Å². The molecule has 1 saturated carbocycles. The van der Waals surface area contributed by atoms with Gasteiger partial charge in [0.1, 0.15) is 10.5 Å². The summed E-state index contributed by atoms with van der Waals surface area (Å²) in [5, 5.41) is 10.5. The Labute approximate surface area is 117 Å². The van der Waals surface area contributed by atoms with Gasteiger partial charge in [0.25, 0.3) is 0 Å². The van der Waals surface area contributed by atoms with Gasteiger partial charge in [0.15, 0.2) is 0 Å². The van der Waals surface area contributed by atoms with Crippen LogP contribution in [0.1, 0.15) is 25.7 Å². The first kappa shape index (κ1) is 13.5. The second-order valence-electron chi connectivity index (χ2n) is 5.13. The molecule has 20 heavy (non-hydrogen) atoms. The zero-order chi connectivity index (χ0) is 14.2. The molecule has 108 valence electrons. The van der Waals surface area contributed by atoms with E-state index in [9.17, 15) is 13.5 Å². The minimum atomic E-state index is -3.66. The number of rotatable bonds is 3. The van der Waals surface area contributed by atoms with Crippen LogP contribution in [0.3, 0.4) is 0 Å². The predicted octanol–water partition coefficient (Wildman–Crippen LogP) is 1.14. The number of pyridine rings is 1. The van der Waals surface area contributed by atoms with E-state index < -0.39 is 22.2 Å². The highest BCUT2D eigenvalue weighted by molar-refractivity contribution is 7.89. The molecule has 1 aliphatic carbocycles. The Morgan fingerprint density at radius 1 is 1.35 bits per heavy atom. The highest BCUT2D eigenvalue weighted by Crippen LogP contribution is 2.24. The molecule has 0 aromatic carbocycles. The van der Waals surface area contributed by atoms with Crippen LogP contribution in [-0.2, 0) is 10.0 Å². The van der Waals surface area contributed by atoms with E-state index in [0.717, 1.165) is 12.8 Å². The van der Waals surface area contributed by atoms with Gasteiger partial charge < -0.3 is 10.1 Å². The van der Waals surface area contributed by atoms with Crippen LogP contribution in [-0.4, -0.2) is 35.6 Å². The summed E-state index contributed by atoms with van der Waals surface area (Å²) in [5.74, 6) is 0. The van der Waals surface area contributed by atoms with E-state index >= 15 is 0 Å². The molecule has 1 aliphatic rings. The topological polar surface area (TPSA) is 95.1 Å². The molecule has 1 fully saturated rings. The van der Waals surface area contributed by atoms with Crippen molar-refractivity contribution in [3.63, 3.8) is 0 Å². The van der Waals surface area contributed by atoms with Crippen molar-refractivity contribution in [2.45, 2.75) is 42.7 Å². The molecule has 0 aliphatic heterocycles. The van der Waals surface area contributed by atoms with E-state index in [2.05, 4.69) is 14.7 Å². The number of aliphatic hydroxyl groups is 1. The van der Waals surface area contributed by atoms with Crippen LogP contribution >= 0.6 is 0 Å². The number of nitrogens with zero attached hydrogens (tertiary/aromatic N) is 1. The van der Waals surface area contributed by atoms with Gasteiger partial charge >= 0.3 is 0 Å². The maximum atomic E-state index is 12.5. The number of aromatic amines is 1. The lowest BCUT2D eigenvalue weighted by Crippen LogP contribution is -2.44. The first-order chi connectivity index (χ1) is 9.58. The molecule has 2 aromatic rings. The van der Waals surface area contributed by atoms with Crippen LogP contribution in [0, 0.1) is 0 Å². The van der Waals surface area contributed by atoms with Gasteiger partial charge in [-0.3, -0.25) is 0 Å². The van der Waals surface area contributed by atoms with Gasteiger partial charge in [0.05, 0.1) is 6.10 Å². The maximum absolute atomic E-state index is 12.5. The Bertz CT molecular complexity index is 710. The summed E-state index contributed by atoms with van der Waals surface area (Å²) < 4.78 is 27.5. The van der Waals surface area contributed by atoms with Crippen LogP contribution in [0.25, 0.3) is 11.0 Å². The zero-order valence-corrected chi connectivity index (χ0v) is 11.7. The molecule has 3 rings (SSSR count). The highest BCUT2D eigenvalue weighted by Gasteiger charge is 2.29. The SMILES string of the molecule is O=S(=O)(N[C@@H]1CCCC[C@H]1O)c1c[nH]c2ncccc12. The molecule has 2 aromatic heterocycles. The third-order valence-corrected chi connectivity index (χ3v) is 5.27. The molecule has 0 radical (unpaired) electrons. The van der Waals surface area contributed by atoms with Crippen molar-refractivity contribution in [3.8, 4) is 0 Å². The van der Waals surface area contributed by atoms with E-state index in [-0.39, 0.29) is 4.90 Å². The normalized spacial score (nSPS) is 24.1. The van der Waals surface area contributed by atoms with Crippen LogP contribution in [0.15, 0.2) is 29.4 Å². The summed E-state index contributed by atoms with van der Waals surface area (Å²) in [6, 6.07) is 3.00. The summed E-state index contributed by atoms with van der Waals surface area (Å²) in [4.78, 5) is 7.11. The Morgan fingerprint density at radius 3 is 2.95 bits per heavy atom. The third-order valence-electron chi connectivity index (χ3n) is 3.74. The van der Waals surface area contributed by atoms with E-state index in [1.807, 2.05) is 0 Å². The number of fused-ring (bicyclic) bond motifs is 1. The lowest BCUT2D eigenvalue weighted by Gasteiger charge is -2.27. The maximum Gasteiger partial charge on any atom is 0.243 e. The summed E-state index contributed by atoms with van der Waals surface area (Å²) in [7, 11) is -3.66. The number of nitrogens with one attached hydrogen (secondary N) is 2. The number of sulfonamides is 1. The third kappa shape index (κ3) is 2.44.